The van der Waals surface area contributed by atoms with Gasteiger partial charge >= 0.3 is 0 Å². The molecule has 5 nitrogen and oxygen atoms in total. The number of hydrogen-bond acceptors (Lipinski definition) is 5. The topological polar surface area (TPSA) is 60.7 Å². The van der Waals surface area contributed by atoms with Gasteiger partial charge in [-0.15, -0.1) is 0 Å². The fourth-order valence-corrected chi connectivity index (χ4v) is 1.91. The molecule has 0 heterocycles. The Balaban J connectivity index is 1.72. The molecule has 0 aromatic heterocycles. The summed E-state index contributed by atoms with van der Waals surface area (Å²) in [6.45, 7) is 7.29. The highest BCUT2D eigenvalue weighted by molar-refractivity contribution is 4.99. The largest absolute Gasteiger partial charge is 0.379 e. The molecule has 1 saturated carbocycles. The minimum atomic E-state index is 0.162. The number of unbranched alkanes of at least 4 members (excludes halogenated alkanes) is 1. The summed E-state index contributed by atoms with van der Waals surface area (Å²) in [6.07, 6.45) is 5.13. The quantitative estimate of drug-likeness (QED) is 0.435. The van der Waals surface area contributed by atoms with Gasteiger partial charge in [0.2, 0.25) is 0 Å². The smallest absolute Gasteiger partial charge is 0.0701 e. The first kappa shape index (κ1) is 18.4. The van der Waals surface area contributed by atoms with E-state index in [1.54, 1.807) is 0 Å². The van der Waals surface area contributed by atoms with Crippen molar-refractivity contribution in [3.05, 3.63) is 0 Å². The van der Waals surface area contributed by atoms with Gasteiger partial charge in [0, 0.05) is 18.4 Å². The van der Waals surface area contributed by atoms with Gasteiger partial charge in [0.15, 0.2) is 0 Å². The highest BCUT2D eigenvalue weighted by Crippen LogP contribution is 2.48. The SMILES string of the molecule is CCCCOCCOCCOCCOCC1(CC#N)CC1. The maximum atomic E-state index is 8.69. The summed E-state index contributed by atoms with van der Waals surface area (Å²) in [4.78, 5) is 0. The molecule has 21 heavy (non-hydrogen) atoms. The summed E-state index contributed by atoms with van der Waals surface area (Å²) in [6, 6.07) is 2.23. The lowest BCUT2D eigenvalue weighted by molar-refractivity contribution is -0.00740. The minimum absolute atomic E-state index is 0.162. The molecule has 0 spiro atoms. The molecule has 5 heteroatoms. The molecule has 1 rings (SSSR count). The van der Waals surface area contributed by atoms with Crippen LogP contribution in [0.1, 0.15) is 39.0 Å². The summed E-state index contributed by atoms with van der Waals surface area (Å²) in [5.41, 5.74) is 0.162. The lowest BCUT2D eigenvalue weighted by Crippen LogP contribution is -2.15. The molecule has 0 radical (unpaired) electrons. The van der Waals surface area contributed by atoms with E-state index >= 15 is 0 Å². The third kappa shape index (κ3) is 9.81. The van der Waals surface area contributed by atoms with Gasteiger partial charge < -0.3 is 18.9 Å². The van der Waals surface area contributed by atoms with Crippen LogP contribution in [0.25, 0.3) is 0 Å². The number of ether oxygens (including phenoxy) is 4. The second-order valence-electron chi connectivity index (χ2n) is 5.58. The van der Waals surface area contributed by atoms with Crippen LogP contribution in [0, 0.1) is 16.7 Å². The molecule has 1 aliphatic carbocycles. The molecule has 0 unspecified atom stereocenters. The van der Waals surface area contributed by atoms with Crippen LogP contribution >= 0.6 is 0 Å². The van der Waals surface area contributed by atoms with E-state index in [4.69, 9.17) is 24.2 Å². The Bertz CT molecular complexity index is 286. The van der Waals surface area contributed by atoms with Crippen LogP contribution in [0.15, 0.2) is 0 Å². The van der Waals surface area contributed by atoms with Gasteiger partial charge in [-0.1, -0.05) is 13.3 Å². The summed E-state index contributed by atoms with van der Waals surface area (Å²) in [5.74, 6) is 0. The Morgan fingerprint density at radius 2 is 1.38 bits per heavy atom. The van der Waals surface area contributed by atoms with Crippen LogP contribution < -0.4 is 0 Å². The molecule has 1 fully saturated rings. The highest BCUT2D eigenvalue weighted by atomic mass is 16.6. The molecule has 0 bridgehead atoms. The first-order chi connectivity index (χ1) is 10.3. The Morgan fingerprint density at radius 1 is 0.857 bits per heavy atom. The van der Waals surface area contributed by atoms with Crippen LogP contribution in [0.5, 0.6) is 0 Å². The lowest BCUT2D eigenvalue weighted by atomic mass is 10.1. The first-order valence-electron chi connectivity index (χ1n) is 8.01. The highest BCUT2D eigenvalue weighted by Gasteiger charge is 2.42. The predicted octanol–water partition coefficient (Wildman–Crippen LogP) is 2.55. The predicted molar refractivity (Wildman–Crippen MR) is 80.1 cm³/mol. The molecule has 0 aromatic rings. The van der Waals surface area contributed by atoms with E-state index in [-0.39, 0.29) is 5.41 Å². The molecule has 1 aliphatic rings. The van der Waals surface area contributed by atoms with Crippen molar-refractivity contribution in [1.82, 2.24) is 0 Å². The lowest BCUT2D eigenvalue weighted by Gasteiger charge is -2.11. The fourth-order valence-electron chi connectivity index (χ4n) is 1.91. The van der Waals surface area contributed by atoms with Crippen molar-refractivity contribution < 1.29 is 18.9 Å². The Hall–Kier alpha value is -0.670. The monoisotopic (exact) mass is 299 g/mol. The Labute approximate surface area is 128 Å². The van der Waals surface area contributed by atoms with Gasteiger partial charge in [0.25, 0.3) is 0 Å². The molecule has 0 saturated heterocycles. The van der Waals surface area contributed by atoms with Crippen molar-refractivity contribution in [3.63, 3.8) is 0 Å². The summed E-state index contributed by atoms with van der Waals surface area (Å²) < 4.78 is 21.7. The van der Waals surface area contributed by atoms with Gasteiger partial charge in [0.05, 0.1) is 52.3 Å². The van der Waals surface area contributed by atoms with E-state index < -0.39 is 0 Å². The van der Waals surface area contributed by atoms with E-state index in [9.17, 15) is 0 Å². The van der Waals surface area contributed by atoms with Crippen molar-refractivity contribution in [3.8, 4) is 6.07 Å². The molecule has 0 aliphatic heterocycles. The van der Waals surface area contributed by atoms with Crippen LogP contribution in [-0.4, -0.2) is 52.9 Å². The molecule has 0 aromatic carbocycles. The van der Waals surface area contributed by atoms with Gasteiger partial charge in [-0.05, 0) is 19.3 Å². The molecular formula is C16H29NO4. The third-order valence-corrected chi connectivity index (χ3v) is 3.58. The van der Waals surface area contributed by atoms with Crippen molar-refractivity contribution >= 4 is 0 Å². The third-order valence-electron chi connectivity index (χ3n) is 3.58. The van der Waals surface area contributed by atoms with Crippen LogP contribution in [0.4, 0.5) is 0 Å². The van der Waals surface area contributed by atoms with E-state index in [0.29, 0.717) is 52.7 Å². The minimum Gasteiger partial charge on any atom is -0.379 e. The van der Waals surface area contributed by atoms with Crippen molar-refractivity contribution in [1.29, 1.82) is 5.26 Å². The molecule has 122 valence electrons. The first-order valence-corrected chi connectivity index (χ1v) is 8.01. The summed E-state index contributed by atoms with van der Waals surface area (Å²) in [5, 5.41) is 8.69. The normalized spacial score (nSPS) is 15.8. The van der Waals surface area contributed by atoms with Gasteiger partial charge in [-0.25, -0.2) is 0 Å². The zero-order chi connectivity index (χ0) is 15.2. The maximum Gasteiger partial charge on any atom is 0.0701 e. The van der Waals surface area contributed by atoms with Crippen LogP contribution in [-0.2, 0) is 18.9 Å². The number of nitrogens with zero attached hydrogens (tertiary/aromatic N) is 1. The van der Waals surface area contributed by atoms with E-state index in [1.165, 1.54) is 0 Å². The van der Waals surface area contributed by atoms with Crippen LogP contribution in [0.2, 0.25) is 0 Å². The second kappa shape index (κ2) is 11.9. The second-order valence-corrected chi connectivity index (χ2v) is 5.58. The number of hydrogen-bond donors (Lipinski definition) is 0. The van der Waals surface area contributed by atoms with Crippen LogP contribution in [0.3, 0.4) is 0 Å². The summed E-state index contributed by atoms with van der Waals surface area (Å²) in [7, 11) is 0. The van der Waals surface area contributed by atoms with Crippen molar-refractivity contribution in [2.24, 2.45) is 5.41 Å². The fraction of sp³-hybridized carbons (Fsp3) is 0.938. The summed E-state index contributed by atoms with van der Waals surface area (Å²) >= 11 is 0. The molecule has 0 amide bonds. The van der Waals surface area contributed by atoms with Crippen molar-refractivity contribution in [2.75, 3.05) is 52.9 Å². The average molecular weight is 299 g/mol. The molecule has 0 atom stereocenters. The van der Waals surface area contributed by atoms with E-state index in [1.807, 2.05) is 0 Å². The number of nitriles is 1. The van der Waals surface area contributed by atoms with Gasteiger partial charge in [-0.2, -0.15) is 5.26 Å². The number of rotatable bonds is 15. The standard InChI is InChI=1S/C16H29NO4/c1-2-3-8-18-9-10-19-11-12-20-13-14-21-15-16(4-5-16)6-7-17/h2-6,8-15H2,1H3. The Morgan fingerprint density at radius 3 is 1.86 bits per heavy atom. The van der Waals surface area contributed by atoms with E-state index in [2.05, 4.69) is 13.0 Å². The zero-order valence-corrected chi connectivity index (χ0v) is 13.3. The maximum absolute atomic E-state index is 8.69. The molecular weight excluding hydrogens is 270 g/mol. The zero-order valence-electron chi connectivity index (χ0n) is 13.3. The Kier molecular flexibility index (Phi) is 10.4. The van der Waals surface area contributed by atoms with Crippen molar-refractivity contribution in [2.45, 2.75) is 39.0 Å². The van der Waals surface area contributed by atoms with E-state index in [0.717, 1.165) is 32.3 Å². The van der Waals surface area contributed by atoms with Gasteiger partial charge in [0.1, 0.15) is 0 Å². The molecule has 0 N–H and O–H groups in total. The van der Waals surface area contributed by atoms with Gasteiger partial charge in [-0.3, -0.25) is 0 Å². The average Bonchev–Trinajstić information content (AvgIpc) is 3.24.